The largest absolute Gasteiger partial charge is 0.353 e. The van der Waals surface area contributed by atoms with Crippen molar-refractivity contribution in [3.05, 3.63) is 0 Å². The Hall–Kier alpha value is -0.570. The van der Waals surface area contributed by atoms with Gasteiger partial charge in [0.25, 0.3) is 0 Å². The molecule has 3 nitrogen and oxygen atoms in total. The molecule has 2 atom stereocenters. The summed E-state index contributed by atoms with van der Waals surface area (Å²) in [5.74, 6) is 0.196. The third-order valence-corrected chi connectivity index (χ3v) is 3.79. The highest BCUT2D eigenvalue weighted by molar-refractivity contribution is 5.82. The Morgan fingerprint density at radius 1 is 1.44 bits per heavy atom. The summed E-state index contributed by atoms with van der Waals surface area (Å²) in [6.07, 6.45) is 2.08. The molecule has 1 heterocycles. The number of carbonyl (C=O) groups is 1. The van der Waals surface area contributed by atoms with Crippen LogP contribution in [-0.4, -0.2) is 25.0 Å². The van der Waals surface area contributed by atoms with Crippen LogP contribution < -0.4 is 10.6 Å². The minimum Gasteiger partial charge on any atom is -0.353 e. The van der Waals surface area contributed by atoms with Gasteiger partial charge in [-0.3, -0.25) is 4.79 Å². The molecule has 0 aromatic rings. The Labute approximate surface area is 99.4 Å². The maximum absolute atomic E-state index is 12.2. The van der Waals surface area contributed by atoms with Gasteiger partial charge in [-0.05, 0) is 38.6 Å². The molecule has 0 spiro atoms. The van der Waals surface area contributed by atoms with Crippen molar-refractivity contribution in [2.24, 2.45) is 10.8 Å². The fourth-order valence-corrected chi connectivity index (χ4v) is 1.84. The van der Waals surface area contributed by atoms with Gasteiger partial charge >= 0.3 is 0 Å². The van der Waals surface area contributed by atoms with E-state index < -0.39 is 0 Å². The van der Waals surface area contributed by atoms with Crippen LogP contribution in [0.15, 0.2) is 0 Å². The summed E-state index contributed by atoms with van der Waals surface area (Å²) in [7, 11) is 0. The topological polar surface area (TPSA) is 41.1 Å². The quantitative estimate of drug-likeness (QED) is 0.755. The van der Waals surface area contributed by atoms with Crippen LogP contribution in [-0.2, 0) is 4.79 Å². The molecule has 0 aromatic heterocycles. The third-order valence-electron chi connectivity index (χ3n) is 3.79. The molecule has 0 aromatic carbocycles. The lowest BCUT2D eigenvalue weighted by molar-refractivity contribution is -0.132. The summed E-state index contributed by atoms with van der Waals surface area (Å²) in [5, 5.41) is 6.46. The Bertz CT molecular complexity index is 249. The first-order valence-corrected chi connectivity index (χ1v) is 6.27. The van der Waals surface area contributed by atoms with Gasteiger partial charge in [-0.1, -0.05) is 20.8 Å². The standard InChI is InChI=1S/C13H26N2O/c1-10(12(2,3)4)15-11(16)13(5)7-6-8-14-9-13/h10,14H,6-9H2,1-5H3,(H,15,16). The van der Waals surface area contributed by atoms with Gasteiger partial charge in [-0.25, -0.2) is 0 Å². The number of amides is 1. The molecule has 1 amide bonds. The van der Waals surface area contributed by atoms with Gasteiger partial charge in [-0.15, -0.1) is 0 Å². The maximum atomic E-state index is 12.2. The fourth-order valence-electron chi connectivity index (χ4n) is 1.84. The Kier molecular flexibility index (Phi) is 4.00. The molecule has 16 heavy (non-hydrogen) atoms. The van der Waals surface area contributed by atoms with Crippen molar-refractivity contribution < 1.29 is 4.79 Å². The summed E-state index contributed by atoms with van der Waals surface area (Å²) in [6.45, 7) is 12.4. The fraction of sp³-hybridized carbons (Fsp3) is 0.923. The van der Waals surface area contributed by atoms with Gasteiger partial charge in [-0.2, -0.15) is 0 Å². The minimum absolute atomic E-state index is 0.119. The highest BCUT2D eigenvalue weighted by Crippen LogP contribution is 2.27. The van der Waals surface area contributed by atoms with Gasteiger partial charge in [0.05, 0.1) is 5.41 Å². The number of carbonyl (C=O) groups excluding carboxylic acids is 1. The van der Waals surface area contributed by atoms with Crippen molar-refractivity contribution in [1.29, 1.82) is 0 Å². The molecule has 1 saturated heterocycles. The summed E-state index contributed by atoms with van der Waals surface area (Å²) in [4.78, 5) is 12.2. The predicted molar refractivity (Wildman–Crippen MR) is 67.3 cm³/mol. The molecule has 2 N–H and O–H groups in total. The first-order chi connectivity index (χ1) is 7.26. The van der Waals surface area contributed by atoms with E-state index in [1.165, 1.54) is 0 Å². The molecule has 0 radical (unpaired) electrons. The van der Waals surface area contributed by atoms with E-state index in [0.717, 1.165) is 25.9 Å². The van der Waals surface area contributed by atoms with Crippen LogP contribution in [0, 0.1) is 10.8 Å². The summed E-state index contributed by atoms with van der Waals surface area (Å²) >= 11 is 0. The minimum atomic E-state index is -0.224. The lowest BCUT2D eigenvalue weighted by atomic mass is 9.80. The first kappa shape index (κ1) is 13.5. The Morgan fingerprint density at radius 2 is 2.06 bits per heavy atom. The number of hydrogen-bond donors (Lipinski definition) is 2. The van der Waals surface area contributed by atoms with Gasteiger partial charge in [0.2, 0.25) is 5.91 Å². The van der Waals surface area contributed by atoms with E-state index in [0.29, 0.717) is 0 Å². The monoisotopic (exact) mass is 226 g/mol. The number of nitrogens with one attached hydrogen (secondary N) is 2. The van der Waals surface area contributed by atoms with E-state index in [1.54, 1.807) is 0 Å². The van der Waals surface area contributed by atoms with Crippen LogP contribution >= 0.6 is 0 Å². The smallest absolute Gasteiger partial charge is 0.227 e. The van der Waals surface area contributed by atoms with E-state index in [2.05, 4.69) is 45.3 Å². The number of hydrogen-bond acceptors (Lipinski definition) is 2. The highest BCUT2D eigenvalue weighted by atomic mass is 16.2. The Morgan fingerprint density at radius 3 is 2.50 bits per heavy atom. The van der Waals surface area contributed by atoms with Crippen LogP contribution in [0.25, 0.3) is 0 Å². The van der Waals surface area contributed by atoms with Crippen molar-refractivity contribution in [2.75, 3.05) is 13.1 Å². The Balaban J connectivity index is 2.57. The molecular formula is C13H26N2O. The molecule has 1 rings (SSSR count). The summed E-state index contributed by atoms with van der Waals surface area (Å²) < 4.78 is 0. The summed E-state index contributed by atoms with van der Waals surface area (Å²) in [5.41, 5.74) is -0.105. The SMILES string of the molecule is CC(NC(=O)C1(C)CCCNC1)C(C)(C)C. The van der Waals surface area contributed by atoms with Crippen LogP contribution in [0.2, 0.25) is 0 Å². The van der Waals surface area contributed by atoms with E-state index in [-0.39, 0.29) is 22.8 Å². The second-order valence-corrected chi connectivity index (χ2v) is 6.40. The van der Waals surface area contributed by atoms with Gasteiger partial charge < -0.3 is 10.6 Å². The molecular weight excluding hydrogens is 200 g/mol. The maximum Gasteiger partial charge on any atom is 0.227 e. The van der Waals surface area contributed by atoms with Crippen LogP contribution in [0.3, 0.4) is 0 Å². The zero-order valence-corrected chi connectivity index (χ0v) is 11.3. The molecule has 2 unspecified atom stereocenters. The van der Waals surface area contributed by atoms with Crippen molar-refractivity contribution in [2.45, 2.75) is 53.5 Å². The lowest BCUT2D eigenvalue weighted by Gasteiger charge is -2.36. The van der Waals surface area contributed by atoms with Crippen LogP contribution in [0.4, 0.5) is 0 Å². The van der Waals surface area contributed by atoms with E-state index in [1.807, 2.05) is 0 Å². The van der Waals surface area contributed by atoms with Crippen molar-refractivity contribution in [1.82, 2.24) is 10.6 Å². The predicted octanol–water partition coefficient (Wildman–Crippen LogP) is 1.93. The molecule has 1 aliphatic rings. The average Bonchev–Trinajstić information content (AvgIpc) is 2.17. The van der Waals surface area contributed by atoms with E-state index in [9.17, 15) is 4.79 Å². The summed E-state index contributed by atoms with van der Waals surface area (Å²) in [6, 6.07) is 0.207. The van der Waals surface area contributed by atoms with Crippen molar-refractivity contribution in [3.63, 3.8) is 0 Å². The second-order valence-electron chi connectivity index (χ2n) is 6.40. The van der Waals surface area contributed by atoms with E-state index >= 15 is 0 Å². The van der Waals surface area contributed by atoms with Crippen LogP contribution in [0.1, 0.15) is 47.5 Å². The first-order valence-electron chi connectivity index (χ1n) is 6.27. The van der Waals surface area contributed by atoms with Crippen molar-refractivity contribution in [3.8, 4) is 0 Å². The van der Waals surface area contributed by atoms with Gasteiger partial charge in [0, 0.05) is 12.6 Å². The van der Waals surface area contributed by atoms with Crippen molar-refractivity contribution >= 4 is 5.91 Å². The molecule has 0 aliphatic carbocycles. The molecule has 3 heteroatoms. The zero-order valence-electron chi connectivity index (χ0n) is 11.3. The number of rotatable bonds is 2. The molecule has 0 saturated carbocycles. The highest BCUT2D eigenvalue weighted by Gasteiger charge is 2.36. The zero-order chi connectivity index (χ0) is 12.4. The lowest BCUT2D eigenvalue weighted by Crippen LogP contribution is -2.52. The van der Waals surface area contributed by atoms with Crippen LogP contribution in [0.5, 0.6) is 0 Å². The normalized spacial score (nSPS) is 28.6. The average molecular weight is 226 g/mol. The van der Waals surface area contributed by atoms with E-state index in [4.69, 9.17) is 0 Å². The van der Waals surface area contributed by atoms with Gasteiger partial charge in [0.1, 0.15) is 0 Å². The third kappa shape index (κ3) is 3.21. The van der Waals surface area contributed by atoms with Gasteiger partial charge in [0.15, 0.2) is 0 Å². The molecule has 94 valence electrons. The number of piperidine rings is 1. The second kappa shape index (κ2) is 4.74. The molecule has 1 aliphatic heterocycles. The molecule has 1 fully saturated rings. The molecule has 0 bridgehead atoms.